The molecule has 0 aliphatic heterocycles. The molecule has 8 bridgehead atoms. The predicted molar refractivity (Wildman–Crippen MR) is 305 cm³/mol. The highest BCUT2D eigenvalue weighted by atomic mass is 16.3. The van der Waals surface area contributed by atoms with Gasteiger partial charge in [0.1, 0.15) is 24.4 Å². The van der Waals surface area contributed by atoms with E-state index in [4.69, 9.17) is 0 Å². The van der Waals surface area contributed by atoms with E-state index in [0.29, 0.717) is 6.42 Å². The first kappa shape index (κ1) is 52.5. The van der Waals surface area contributed by atoms with Crippen molar-refractivity contribution >= 4 is 0 Å². The molecule has 1 aliphatic carbocycles. The number of hydrogen-bond donors (Lipinski definition) is 4. The molecule has 0 amide bonds. The minimum atomic E-state index is -0.868. The Balaban J connectivity index is 1.34. The lowest BCUT2D eigenvalue weighted by Crippen LogP contribution is -2.15. The lowest BCUT2D eigenvalue weighted by molar-refractivity contribution is 0.218. The summed E-state index contributed by atoms with van der Waals surface area (Å²) in [4.78, 5) is 0. The Hall–Kier alpha value is -6.40. The molecule has 0 saturated carbocycles. The standard InChI is InChI=1S/C70H76O4/c1-12-57-49-16-20-60(67(71)53-27-40(4)23-41(5)28-53)52(37-49)35-48-15-19-61(68(72)54-29-42(6)24-43(7)30-54)64(36-48)58(13-2)50-17-21-63(70(74)56-33-46(10)26-47(11)34-56)66(38-50)59(14-3)51-18-22-62(65(57)39-51)69(73)55-31-44(8)25-45(9)32-55/h15-34,36-39,57-59,67-74H,12-14,35H2,1-11H3. The van der Waals surface area contributed by atoms with Gasteiger partial charge in [-0.05, 0) is 170 Å². The number of aryl methyl sites for hydroxylation is 8. The van der Waals surface area contributed by atoms with E-state index in [9.17, 15) is 20.4 Å². The molecule has 4 heteroatoms. The average Bonchev–Trinajstić information content (AvgIpc) is 3.35. The Labute approximate surface area is 441 Å². The molecule has 7 unspecified atom stereocenters. The number of fused-ring (bicyclic) bond motifs is 8. The van der Waals surface area contributed by atoms with Crippen molar-refractivity contribution in [3.63, 3.8) is 0 Å². The summed E-state index contributed by atoms with van der Waals surface area (Å²) in [5, 5.41) is 50.3. The largest absolute Gasteiger partial charge is 0.384 e. The lowest BCUT2D eigenvalue weighted by atomic mass is 9.75. The molecule has 0 heterocycles. The Morgan fingerprint density at radius 2 is 0.595 bits per heavy atom. The van der Waals surface area contributed by atoms with Crippen LogP contribution >= 0.6 is 0 Å². The normalized spacial score (nSPS) is 17.1. The summed E-state index contributed by atoms with van der Waals surface area (Å²) in [5.41, 5.74) is 24.5. The first-order valence-electron chi connectivity index (χ1n) is 27.0. The van der Waals surface area contributed by atoms with Crippen LogP contribution in [0.15, 0.2) is 146 Å². The van der Waals surface area contributed by atoms with Gasteiger partial charge in [-0.3, -0.25) is 0 Å². The van der Waals surface area contributed by atoms with Gasteiger partial charge in [0, 0.05) is 17.8 Å². The van der Waals surface area contributed by atoms with Crippen molar-refractivity contribution in [3.8, 4) is 0 Å². The zero-order chi connectivity index (χ0) is 52.7. The van der Waals surface area contributed by atoms with E-state index < -0.39 is 24.4 Å². The molecular weight excluding hydrogens is 905 g/mol. The molecule has 0 radical (unpaired) electrons. The maximum Gasteiger partial charge on any atom is 0.104 e. The smallest absolute Gasteiger partial charge is 0.104 e. The summed E-state index contributed by atoms with van der Waals surface area (Å²) >= 11 is 0. The maximum atomic E-state index is 12.6. The molecule has 0 saturated heterocycles. The van der Waals surface area contributed by atoms with Crippen LogP contribution in [0.5, 0.6) is 0 Å². The molecule has 7 atom stereocenters. The Bertz CT molecular complexity index is 3280. The molecule has 4 N–H and O–H groups in total. The fraction of sp³-hybridized carbons (Fsp3) is 0.314. The van der Waals surface area contributed by atoms with E-state index in [1.807, 2.05) is 0 Å². The number of aliphatic hydroxyl groups excluding tert-OH is 4. The maximum absolute atomic E-state index is 12.6. The van der Waals surface area contributed by atoms with Crippen LogP contribution in [0.1, 0.15) is 216 Å². The van der Waals surface area contributed by atoms with Crippen LogP contribution in [0, 0.1) is 55.4 Å². The molecule has 1 aliphatic rings. The zero-order valence-corrected chi connectivity index (χ0v) is 45.5. The Kier molecular flexibility index (Phi) is 15.5. The second-order valence-electron chi connectivity index (χ2n) is 22.1. The van der Waals surface area contributed by atoms with Gasteiger partial charge in [-0.1, -0.05) is 211 Å². The monoisotopic (exact) mass is 981 g/mol. The second kappa shape index (κ2) is 21.8. The first-order chi connectivity index (χ1) is 35.4. The summed E-state index contributed by atoms with van der Waals surface area (Å²) < 4.78 is 0. The summed E-state index contributed by atoms with van der Waals surface area (Å²) in [7, 11) is 0. The van der Waals surface area contributed by atoms with Gasteiger partial charge in [0.05, 0.1) is 0 Å². The van der Waals surface area contributed by atoms with Gasteiger partial charge in [0.25, 0.3) is 0 Å². The molecule has 8 aromatic rings. The highest BCUT2D eigenvalue weighted by Gasteiger charge is 2.30. The van der Waals surface area contributed by atoms with E-state index in [0.717, 1.165) is 153 Å². The number of hydrogen-bond acceptors (Lipinski definition) is 4. The average molecular weight is 981 g/mol. The fourth-order valence-electron chi connectivity index (χ4n) is 12.8. The second-order valence-corrected chi connectivity index (χ2v) is 22.1. The minimum Gasteiger partial charge on any atom is -0.384 e. The summed E-state index contributed by atoms with van der Waals surface area (Å²) in [6.07, 6.45) is -0.603. The Morgan fingerprint density at radius 3 is 0.919 bits per heavy atom. The summed E-state index contributed by atoms with van der Waals surface area (Å²) in [5.74, 6) is -0.328. The predicted octanol–water partition coefficient (Wildman–Crippen LogP) is 16.0. The van der Waals surface area contributed by atoms with Gasteiger partial charge in [0.2, 0.25) is 0 Å². The zero-order valence-electron chi connectivity index (χ0n) is 45.5. The van der Waals surface area contributed by atoms with E-state index in [2.05, 4.69) is 222 Å². The third-order valence-corrected chi connectivity index (χ3v) is 15.9. The van der Waals surface area contributed by atoms with Gasteiger partial charge in [-0.25, -0.2) is 0 Å². The van der Waals surface area contributed by atoms with Crippen molar-refractivity contribution in [1.29, 1.82) is 0 Å². The molecule has 0 fully saturated rings. The molecule has 380 valence electrons. The first-order valence-corrected chi connectivity index (χ1v) is 27.0. The van der Waals surface area contributed by atoms with Gasteiger partial charge >= 0.3 is 0 Å². The van der Waals surface area contributed by atoms with E-state index in [1.54, 1.807) is 0 Å². The van der Waals surface area contributed by atoms with Gasteiger partial charge in [0.15, 0.2) is 0 Å². The topological polar surface area (TPSA) is 80.9 Å². The third kappa shape index (κ3) is 10.7. The van der Waals surface area contributed by atoms with Crippen LogP contribution in [-0.4, -0.2) is 20.4 Å². The number of aliphatic hydroxyl groups is 4. The molecular formula is C70H76O4. The van der Waals surface area contributed by atoms with Gasteiger partial charge in [-0.15, -0.1) is 0 Å². The third-order valence-electron chi connectivity index (χ3n) is 15.9. The van der Waals surface area contributed by atoms with Gasteiger partial charge in [-0.2, -0.15) is 0 Å². The molecule has 74 heavy (non-hydrogen) atoms. The number of benzene rings is 8. The highest BCUT2D eigenvalue weighted by molar-refractivity contribution is 5.55. The van der Waals surface area contributed by atoms with Crippen LogP contribution in [0.25, 0.3) is 0 Å². The van der Waals surface area contributed by atoms with Crippen LogP contribution in [0.4, 0.5) is 0 Å². The minimum absolute atomic E-state index is 0.107. The van der Waals surface area contributed by atoms with Crippen molar-refractivity contribution in [2.24, 2.45) is 0 Å². The van der Waals surface area contributed by atoms with Gasteiger partial charge < -0.3 is 20.4 Å². The molecule has 8 aromatic carbocycles. The van der Waals surface area contributed by atoms with Crippen LogP contribution < -0.4 is 0 Å². The summed E-state index contributed by atoms with van der Waals surface area (Å²) in [6, 6.07) is 52.1. The quantitative estimate of drug-likeness (QED) is 0.104. The molecule has 0 aromatic heterocycles. The van der Waals surface area contributed by atoms with E-state index in [-0.39, 0.29) is 17.8 Å². The molecule has 0 spiro atoms. The van der Waals surface area contributed by atoms with Crippen molar-refractivity contribution in [3.05, 3.63) is 279 Å². The Morgan fingerprint density at radius 1 is 0.324 bits per heavy atom. The fourth-order valence-corrected chi connectivity index (χ4v) is 12.8. The number of rotatable bonds is 11. The highest BCUT2D eigenvalue weighted by Crippen LogP contribution is 2.45. The van der Waals surface area contributed by atoms with Crippen molar-refractivity contribution < 1.29 is 20.4 Å². The van der Waals surface area contributed by atoms with Crippen molar-refractivity contribution in [1.82, 2.24) is 0 Å². The van der Waals surface area contributed by atoms with Crippen LogP contribution in [0.2, 0.25) is 0 Å². The van der Waals surface area contributed by atoms with Crippen molar-refractivity contribution in [2.45, 2.75) is 144 Å². The van der Waals surface area contributed by atoms with E-state index in [1.165, 1.54) is 0 Å². The summed E-state index contributed by atoms with van der Waals surface area (Å²) in [6.45, 7) is 23.4. The van der Waals surface area contributed by atoms with Crippen LogP contribution in [-0.2, 0) is 6.42 Å². The SMILES string of the molecule is CCC1c2ccc(C(O)c3cc(C)cc(C)c3)c(c2)C(CC)c2ccc(C(O)c3cc(C)cc(C)c3)c(c2)C(CC)c2ccc(C(O)c3cc(C)cc(C)c3)c(c2)Cc2ccc(C(O)c3cc(C)cc(C)c3)c1c2. The van der Waals surface area contributed by atoms with Crippen molar-refractivity contribution in [2.75, 3.05) is 0 Å². The van der Waals surface area contributed by atoms with Crippen LogP contribution in [0.3, 0.4) is 0 Å². The molecule has 9 rings (SSSR count). The lowest BCUT2D eigenvalue weighted by Gasteiger charge is -2.30. The molecule has 4 nitrogen and oxygen atoms in total. The van der Waals surface area contributed by atoms with E-state index >= 15 is 0 Å².